The van der Waals surface area contributed by atoms with Gasteiger partial charge in [0.2, 0.25) is 5.91 Å². The molecule has 0 aliphatic carbocycles. The molecular weight excluding hydrogens is 382 g/mol. The summed E-state index contributed by atoms with van der Waals surface area (Å²) in [5.41, 5.74) is 2.12. The maximum absolute atomic E-state index is 12.0. The molecule has 0 aliphatic heterocycles. The van der Waals surface area contributed by atoms with Crippen molar-refractivity contribution in [2.24, 2.45) is 7.05 Å². The van der Waals surface area contributed by atoms with Gasteiger partial charge in [-0.15, -0.1) is 0 Å². The number of nitrogens with zero attached hydrogens (tertiary/aromatic N) is 2. The second-order valence-corrected chi connectivity index (χ2v) is 7.17. The Hall–Kier alpha value is -2.44. The fourth-order valence-corrected chi connectivity index (χ4v) is 3.38. The van der Waals surface area contributed by atoms with Gasteiger partial charge in [0.25, 0.3) is 0 Å². The summed E-state index contributed by atoms with van der Waals surface area (Å²) in [5.74, 6) is 0.980. The predicted molar refractivity (Wildman–Crippen MR) is 109 cm³/mol. The molecule has 140 valence electrons. The number of hydrogen-bond donors (Lipinski definition) is 1. The summed E-state index contributed by atoms with van der Waals surface area (Å²) < 4.78 is 7.55. The molecule has 2 aromatic carbocycles. The first-order valence-corrected chi connectivity index (χ1v) is 9.85. The number of ether oxygens (including phenoxy) is 1. The summed E-state index contributed by atoms with van der Waals surface area (Å²) in [5, 5.41) is 4.32. The number of carbonyl (C=O) groups excluding carboxylic acids is 1. The molecule has 27 heavy (non-hydrogen) atoms. The van der Waals surface area contributed by atoms with Gasteiger partial charge < -0.3 is 14.6 Å². The third-order valence-corrected chi connectivity index (χ3v) is 5.15. The number of aromatic nitrogens is 2. The molecule has 0 spiro atoms. The first-order valence-electron chi connectivity index (χ1n) is 8.48. The van der Waals surface area contributed by atoms with E-state index in [0.717, 1.165) is 22.2 Å². The first-order chi connectivity index (χ1) is 13.1. The van der Waals surface area contributed by atoms with Gasteiger partial charge in [-0.1, -0.05) is 53.7 Å². The van der Waals surface area contributed by atoms with Gasteiger partial charge in [0.1, 0.15) is 12.4 Å². The lowest BCUT2D eigenvalue weighted by Gasteiger charge is -2.08. The van der Waals surface area contributed by atoms with Gasteiger partial charge in [-0.3, -0.25) is 4.79 Å². The standard InChI is InChI=1S/C20H20ClN3O2S/c1-24-18(15-5-3-2-4-6-15)13-23-20(24)27-14-19(25)22-11-12-26-17-9-7-16(21)8-10-17/h2-10,13H,11-12,14H2,1H3,(H,22,25). The Kier molecular flexibility index (Phi) is 6.79. The van der Waals surface area contributed by atoms with Crippen molar-refractivity contribution < 1.29 is 9.53 Å². The second-order valence-electron chi connectivity index (χ2n) is 5.79. The second kappa shape index (κ2) is 9.48. The van der Waals surface area contributed by atoms with Crippen LogP contribution in [0.5, 0.6) is 5.75 Å². The molecule has 0 bridgehead atoms. The molecule has 0 fully saturated rings. The van der Waals surface area contributed by atoms with Crippen LogP contribution >= 0.6 is 23.4 Å². The summed E-state index contributed by atoms with van der Waals surface area (Å²) >= 11 is 7.24. The van der Waals surface area contributed by atoms with Gasteiger partial charge in [-0.2, -0.15) is 0 Å². The zero-order valence-electron chi connectivity index (χ0n) is 14.9. The van der Waals surface area contributed by atoms with E-state index in [-0.39, 0.29) is 5.91 Å². The number of benzene rings is 2. The summed E-state index contributed by atoms with van der Waals surface area (Å²) in [7, 11) is 1.95. The highest BCUT2D eigenvalue weighted by Gasteiger charge is 2.10. The molecule has 1 heterocycles. The van der Waals surface area contributed by atoms with Crippen molar-refractivity contribution in [1.82, 2.24) is 14.9 Å². The highest BCUT2D eigenvalue weighted by atomic mass is 35.5. The first kappa shape index (κ1) is 19.3. The number of halogens is 1. The summed E-state index contributed by atoms with van der Waals surface area (Å²) in [4.78, 5) is 16.4. The Morgan fingerprint density at radius 1 is 1.19 bits per heavy atom. The van der Waals surface area contributed by atoms with E-state index >= 15 is 0 Å². The molecule has 3 aromatic rings. The van der Waals surface area contributed by atoms with Gasteiger partial charge in [0.05, 0.1) is 24.2 Å². The zero-order valence-corrected chi connectivity index (χ0v) is 16.5. The van der Waals surface area contributed by atoms with Crippen LogP contribution in [0.25, 0.3) is 11.3 Å². The number of thioether (sulfide) groups is 1. The fourth-order valence-electron chi connectivity index (χ4n) is 2.48. The van der Waals surface area contributed by atoms with Crippen LogP contribution in [0.3, 0.4) is 0 Å². The van der Waals surface area contributed by atoms with E-state index < -0.39 is 0 Å². The molecule has 0 atom stereocenters. The minimum Gasteiger partial charge on any atom is -0.492 e. The average Bonchev–Trinajstić information content (AvgIpc) is 3.06. The number of rotatable bonds is 8. The minimum atomic E-state index is -0.0519. The topological polar surface area (TPSA) is 56.2 Å². The third kappa shape index (κ3) is 5.52. The lowest BCUT2D eigenvalue weighted by Crippen LogP contribution is -2.29. The number of amides is 1. The number of nitrogens with one attached hydrogen (secondary N) is 1. The van der Waals surface area contributed by atoms with Crippen LogP contribution in [-0.2, 0) is 11.8 Å². The highest BCUT2D eigenvalue weighted by Crippen LogP contribution is 2.24. The van der Waals surface area contributed by atoms with Crippen molar-refractivity contribution in [3.05, 3.63) is 65.8 Å². The summed E-state index contributed by atoms with van der Waals surface area (Å²) in [6, 6.07) is 17.2. The minimum absolute atomic E-state index is 0.0519. The van der Waals surface area contributed by atoms with E-state index in [0.29, 0.717) is 23.9 Å². The van der Waals surface area contributed by atoms with Crippen molar-refractivity contribution in [3.63, 3.8) is 0 Å². The van der Waals surface area contributed by atoms with Crippen LogP contribution in [-0.4, -0.2) is 34.4 Å². The Morgan fingerprint density at radius 3 is 2.67 bits per heavy atom. The average molecular weight is 402 g/mol. The molecule has 0 unspecified atom stereocenters. The lowest BCUT2D eigenvalue weighted by atomic mass is 10.2. The molecule has 1 aromatic heterocycles. The van der Waals surface area contributed by atoms with Crippen LogP contribution in [0.2, 0.25) is 5.02 Å². The van der Waals surface area contributed by atoms with Gasteiger partial charge >= 0.3 is 0 Å². The Morgan fingerprint density at radius 2 is 1.93 bits per heavy atom. The van der Waals surface area contributed by atoms with Crippen LogP contribution in [0.4, 0.5) is 0 Å². The lowest BCUT2D eigenvalue weighted by molar-refractivity contribution is -0.118. The van der Waals surface area contributed by atoms with Gasteiger partial charge in [-0.25, -0.2) is 4.98 Å². The Labute approximate surface area is 167 Å². The van der Waals surface area contributed by atoms with E-state index in [4.69, 9.17) is 16.3 Å². The van der Waals surface area contributed by atoms with Crippen LogP contribution in [0, 0.1) is 0 Å². The van der Waals surface area contributed by atoms with Crippen LogP contribution in [0.15, 0.2) is 66.0 Å². The number of carbonyl (C=O) groups is 1. The smallest absolute Gasteiger partial charge is 0.230 e. The van der Waals surface area contributed by atoms with E-state index in [1.165, 1.54) is 11.8 Å². The van der Waals surface area contributed by atoms with Crippen molar-refractivity contribution in [3.8, 4) is 17.0 Å². The Balaban J connectivity index is 1.42. The quantitative estimate of drug-likeness (QED) is 0.457. The molecule has 1 amide bonds. The molecule has 5 nitrogen and oxygen atoms in total. The monoisotopic (exact) mass is 401 g/mol. The SMILES string of the molecule is Cn1c(-c2ccccc2)cnc1SCC(=O)NCCOc1ccc(Cl)cc1. The van der Waals surface area contributed by atoms with E-state index in [1.54, 1.807) is 24.3 Å². The van der Waals surface area contributed by atoms with Crippen LogP contribution in [0.1, 0.15) is 0 Å². The number of imidazole rings is 1. The molecule has 0 radical (unpaired) electrons. The molecule has 0 saturated heterocycles. The van der Waals surface area contributed by atoms with Crippen molar-refractivity contribution in [1.29, 1.82) is 0 Å². The van der Waals surface area contributed by atoms with Crippen molar-refractivity contribution >= 4 is 29.3 Å². The van der Waals surface area contributed by atoms with Gasteiger partial charge in [-0.05, 0) is 29.8 Å². The van der Waals surface area contributed by atoms with Gasteiger partial charge in [0, 0.05) is 12.1 Å². The van der Waals surface area contributed by atoms with E-state index in [9.17, 15) is 4.79 Å². The third-order valence-electron chi connectivity index (χ3n) is 3.85. The van der Waals surface area contributed by atoms with Crippen molar-refractivity contribution in [2.75, 3.05) is 18.9 Å². The molecule has 3 rings (SSSR count). The van der Waals surface area contributed by atoms with E-state index in [2.05, 4.69) is 10.3 Å². The molecule has 7 heteroatoms. The molecule has 1 N–H and O–H groups in total. The van der Waals surface area contributed by atoms with Crippen molar-refractivity contribution in [2.45, 2.75) is 5.16 Å². The molecule has 0 saturated carbocycles. The maximum Gasteiger partial charge on any atom is 0.230 e. The normalized spacial score (nSPS) is 10.6. The molecular formula is C20H20ClN3O2S. The largest absolute Gasteiger partial charge is 0.492 e. The fraction of sp³-hybridized carbons (Fsp3) is 0.200. The predicted octanol–water partition coefficient (Wildman–Crippen LogP) is 4.03. The summed E-state index contributed by atoms with van der Waals surface area (Å²) in [6.07, 6.45) is 1.83. The number of hydrogen-bond acceptors (Lipinski definition) is 4. The highest BCUT2D eigenvalue weighted by molar-refractivity contribution is 7.99. The maximum atomic E-state index is 12.0. The zero-order chi connectivity index (χ0) is 19.1. The Bertz CT molecular complexity index is 882. The van der Waals surface area contributed by atoms with Crippen LogP contribution < -0.4 is 10.1 Å². The van der Waals surface area contributed by atoms with Gasteiger partial charge in [0.15, 0.2) is 5.16 Å². The summed E-state index contributed by atoms with van der Waals surface area (Å²) in [6.45, 7) is 0.844. The van der Waals surface area contributed by atoms with E-state index in [1.807, 2.05) is 48.1 Å². The molecule has 0 aliphatic rings.